The fourth-order valence-corrected chi connectivity index (χ4v) is 2.88. The van der Waals surface area contributed by atoms with E-state index in [-0.39, 0.29) is 11.9 Å². The van der Waals surface area contributed by atoms with E-state index >= 15 is 0 Å². The predicted octanol–water partition coefficient (Wildman–Crippen LogP) is 1.74. The van der Waals surface area contributed by atoms with Gasteiger partial charge in [-0.2, -0.15) is 0 Å². The van der Waals surface area contributed by atoms with E-state index in [2.05, 4.69) is 0 Å². The monoisotopic (exact) mass is 283 g/mol. The zero-order valence-electron chi connectivity index (χ0n) is 11.5. The lowest BCUT2D eigenvalue weighted by atomic mass is 9.78. The fourth-order valence-electron chi connectivity index (χ4n) is 2.88. The molecule has 0 aliphatic carbocycles. The molecular weight excluding hydrogens is 266 g/mol. The highest BCUT2D eigenvalue weighted by Gasteiger charge is 2.51. The van der Waals surface area contributed by atoms with Crippen molar-refractivity contribution in [3.63, 3.8) is 0 Å². The molecule has 108 valence electrons. The number of aliphatic hydroxyl groups excluding tert-OH is 2. The van der Waals surface area contributed by atoms with Crippen LogP contribution in [0.4, 0.5) is 5.69 Å². The Bertz CT molecular complexity index is 614. The number of para-hydroxylation sites is 1. The molecule has 3 atom stereocenters. The second-order valence-electron chi connectivity index (χ2n) is 5.18. The second-order valence-corrected chi connectivity index (χ2v) is 5.18. The van der Waals surface area contributed by atoms with Gasteiger partial charge < -0.3 is 15.1 Å². The summed E-state index contributed by atoms with van der Waals surface area (Å²) in [5.41, 5.74) is 1.76. The van der Waals surface area contributed by atoms with E-state index in [1.54, 1.807) is 4.90 Å². The van der Waals surface area contributed by atoms with Gasteiger partial charge >= 0.3 is 0 Å². The van der Waals surface area contributed by atoms with Gasteiger partial charge in [0.2, 0.25) is 5.91 Å². The van der Waals surface area contributed by atoms with Gasteiger partial charge in [-0.15, -0.1) is 0 Å². The Balaban J connectivity index is 1.98. The zero-order valence-corrected chi connectivity index (χ0v) is 11.5. The van der Waals surface area contributed by atoms with Crippen molar-refractivity contribution < 1.29 is 15.0 Å². The first-order valence-corrected chi connectivity index (χ1v) is 6.96. The summed E-state index contributed by atoms with van der Waals surface area (Å²) in [6.45, 7) is -0.414. The van der Waals surface area contributed by atoms with Crippen LogP contribution in [0.1, 0.15) is 11.6 Å². The minimum atomic E-state index is -1.04. The van der Waals surface area contributed by atoms with Gasteiger partial charge in [0.25, 0.3) is 0 Å². The van der Waals surface area contributed by atoms with Crippen LogP contribution in [0.5, 0.6) is 0 Å². The van der Waals surface area contributed by atoms with Crippen molar-refractivity contribution in [2.75, 3.05) is 11.5 Å². The molecule has 0 saturated carbocycles. The van der Waals surface area contributed by atoms with Crippen molar-refractivity contribution in [3.05, 3.63) is 66.2 Å². The average molecular weight is 283 g/mol. The third kappa shape index (κ3) is 2.33. The molecule has 0 spiro atoms. The Labute approximate surface area is 123 Å². The SMILES string of the molecule is O=C1[C@@H]([C@H](O)CO)[C@@H](c2ccccc2)N1c1ccccc1. The maximum atomic E-state index is 12.4. The average Bonchev–Trinajstić information content (AvgIpc) is 2.54. The summed E-state index contributed by atoms with van der Waals surface area (Å²) >= 11 is 0. The molecule has 1 fully saturated rings. The third-order valence-electron chi connectivity index (χ3n) is 3.92. The summed E-state index contributed by atoms with van der Waals surface area (Å²) in [5.74, 6) is -0.755. The van der Waals surface area contributed by atoms with Crippen molar-refractivity contribution in [3.8, 4) is 0 Å². The molecule has 1 saturated heterocycles. The Morgan fingerprint density at radius 3 is 2.14 bits per heavy atom. The van der Waals surface area contributed by atoms with Gasteiger partial charge in [0.05, 0.1) is 24.7 Å². The van der Waals surface area contributed by atoms with Crippen molar-refractivity contribution in [2.45, 2.75) is 12.1 Å². The van der Waals surface area contributed by atoms with Gasteiger partial charge in [0, 0.05) is 5.69 Å². The molecule has 1 aliphatic heterocycles. The van der Waals surface area contributed by atoms with Crippen LogP contribution in [0.25, 0.3) is 0 Å². The number of anilines is 1. The highest BCUT2D eigenvalue weighted by Crippen LogP contribution is 2.44. The molecule has 2 aromatic carbocycles. The highest BCUT2D eigenvalue weighted by molar-refractivity contribution is 6.03. The van der Waals surface area contributed by atoms with E-state index in [9.17, 15) is 15.0 Å². The number of carbonyl (C=O) groups is 1. The van der Waals surface area contributed by atoms with E-state index in [1.807, 2.05) is 60.7 Å². The Hall–Kier alpha value is -2.17. The summed E-state index contributed by atoms with van der Waals surface area (Å²) in [6, 6.07) is 18.7. The second kappa shape index (κ2) is 5.68. The summed E-state index contributed by atoms with van der Waals surface area (Å²) in [4.78, 5) is 14.1. The van der Waals surface area contributed by atoms with Crippen molar-refractivity contribution >= 4 is 11.6 Å². The van der Waals surface area contributed by atoms with Gasteiger partial charge in [-0.3, -0.25) is 4.79 Å². The lowest BCUT2D eigenvalue weighted by Crippen LogP contribution is -2.60. The van der Waals surface area contributed by atoms with E-state index in [1.165, 1.54) is 0 Å². The first-order chi connectivity index (χ1) is 10.2. The fraction of sp³-hybridized carbons (Fsp3) is 0.235. The normalized spacial score (nSPS) is 22.8. The summed E-state index contributed by atoms with van der Waals surface area (Å²) in [5, 5.41) is 19.1. The van der Waals surface area contributed by atoms with E-state index in [0.717, 1.165) is 11.3 Å². The minimum Gasteiger partial charge on any atom is -0.394 e. The summed E-state index contributed by atoms with van der Waals surface area (Å²) in [7, 11) is 0. The molecule has 1 heterocycles. The predicted molar refractivity (Wildman–Crippen MR) is 79.7 cm³/mol. The van der Waals surface area contributed by atoms with Gasteiger partial charge in [-0.05, 0) is 17.7 Å². The molecule has 3 rings (SSSR count). The summed E-state index contributed by atoms with van der Waals surface area (Å²) in [6.07, 6.45) is -1.04. The quantitative estimate of drug-likeness (QED) is 0.840. The Kier molecular flexibility index (Phi) is 3.73. The standard InChI is InChI=1S/C17H17NO3/c19-11-14(20)15-16(12-7-3-1-4-8-12)18(17(15)21)13-9-5-2-6-10-13/h1-10,14-16,19-20H,11H2/t14-,15+,16-/m1/s1. The third-order valence-corrected chi connectivity index (χ3v) is 3.92. The number of benzene rings is 2. The van der Waals surface area contributed by atoms with Crippen molar-refractivity contribution in [1.82, 2.24) is 0 Å². The number of amides is 1. The first-order valence-electron chi connectivity index (χ1n) is 6.96. The Morgan fingerprint density at radius 2 is 1.57 bits per heavy atom. The number of rotatable bonds is 4. The molecule has 4 nitrogen and oxygen atoms in total. The largest absolute Gasteiger partial charge is 0.394 e. The van der Waals surface area contributed by atoms with E-state index < -0.39 is 18.6 Å². The van der Waals surface area contributed by atoms with Gasteiger partial charge in [-0.25, -0.2) is 0 Å². The lowest BCUT2D eigenvalue weighted by Gasteiger charge is -2.48. The van der Waals surface area contributed by atoms with Crippen LogP contribution in [0.3, 0.4) is 0 Å². The Morgan fingerprint density at radius 1 is 1.00 bits per heavy atom. The molecule has 0 bridgehead atoms. The zero-order chi connectivity index (χ0) is 14.8. The number of aliphatic hydroxyl groups is 2. The van der Waals surface area contributed by atoms with Crippen LogP contribution in [-0.2, 0) is 4.79 Å². The number of β-lactam (4-membered cyclic amide) rings is 1. The molecular formula is C17H17NO3. The molecule has 21 heavy (non-hydrogen) atoms. The van der Waals surface area contributed by atoms with Crippen molar-refractivity contribution in [1.29, 1.82) is 0 Å². The van der Waals surface area contributed by atoms with Crippen LogP contribution >= 0.6 is 0 Å². The molecule has 0 radical (unpaired) electrons. The van der Waals surface area contributed by atoms with Crippen LogP contribution in [0.2, 0.25) is 0 Å². The molecule has 1 amide bonds. The minimum absolute atomic E-state index is 0.156. The van der Waals surface area contributed by atoms with Gasteiger partial charge in [0.1, 0.15) is 0 Å². The first kappa shape index (κ1) is 13.8. The van der Waals surface area contributed by atoms with Gasteiger partial charge in [0.15, 0.2) is 0 Å². The molecule has 2 N–H and O–H groups in total. The van der Waals surface area contributed by atoms with Crippen molar-refractivity contribution in [2.24, 2.45) is 5.92 Å². The number of hydrogen-bond donors (Lipinski definition) is 2. The van der Waals surface area contributed by atoms with Crippen LogP contribution < -0.4 is 4.90 Å². The number of hydrogen-bond acceptors (Lipinski definition) is 3. The molecule has 0 unspecified atom stereocenters. The molecule has 4 heteroatoms. The molecule has 1 aliphatic rings. The number of carbonyl (C=O) groups excluding carboxylic acids is 1. The van der Waals surface area contributed by atoms with E-state index in [4.69, 9.17) is 0 Å². The smallest absolute Gasteiger partial charge is 0.235 e. The summed E-state index contributed by atoms with van der Waals surface area (Å²) < 4.78 is 0. The lowest BCUT2D eigenvalue weighted by molar-refractivity contribution is -0.137. The topological polar surface area (TPSA) is 60.8 Å². The maximum absolute atomic E-state index is 12.4. The number of nitrogens with zero attached hydrogens (tertiary/aromatic N) is 1. The van der Waals surface area contributed by atoms with Crippen LogP contribution in [-0.4, -0.2) is 28.8 Å². The molecule has 2 aromatic rings. The van der Waals surface area contributed by atoms with Crippen LogP contribution in [0, 0.1) is 5.92 Å². The maximum Gasteiger partial charge on any atom is 0.235 e. The van der Waals surface area contributed by atoms with Crippen LogP contribution in [0.15, 0.2) is 60.7 Å². The van der Waals surface area contributed by atoms with Gasteiger partial charge in [-0.1, -0.05) is 48.5 Å². The van der Waals surface area contributed by atoms with E-state index in [0.29, 0.717) is 0 Å². The molecule has 0 aromatic heterocycles. The highest BCUT2D eigenvalue weighted by atomic mass is 16.3.